The van der Waals surface area contributed by atoms with Gasteiger partial charge in [-0.2, -0.15) is 13.5 Å². The highest BCUT2D eigenvalue weighted by Gasteiger charge is 1.89. The first-order valence-corrected chi connectivity index (χ1v) is 5.47. The fraction of sp³-hybridized carbons (Fsp3) is 0.500. The Hall–Kier alpha value is -0.870. The minimum atomic E-state index is 0. The van der Waals surface area contributed by atoms with E-state index in [0.717, 1.165) is 0 Å². The SMILES string of the molecule is CCN(CC)CC.Nc1cccc(N)c1.S. The van der Waals surface area contributed by atoms with Crippen molar-refractivity contribution in [2.45, 2.75) is 20.8 Å². The Balaban J connectivity index is 0. The van der Waals surface area contributed by atoms with Gasteiger partial charge in [-0.1, -0.05) is 26.8 Å². The third-order valence-electron chi connectivity index (χ3n) is 2.25. The van der Waals surface area contributed by atoms with E-state index in [4.69, 9.17) is 11.5 Å². The number of hydrogen-bond donors (Lipinski definition) is 2. The molecule has 94 valence electrons. The summed E-state index contributed by atoms with van der Waals surface area (Å²) >= 11 is 0. The van der Waals surface area contributed by atoms with E-state index in [0.29, 0.717) is 11.4 Å². The summed E-state index contributed by atoms with van der Waals surface area (Å²) in [4.78, 5) is 2.38. The number of hydrogen-bond acceptors (Lipinski definition) is 3. The van der Waals surface area contributed by atoms with E-state index < -0.39 is 0 Å². The Morgan fingerprint density at radius 3 is 1.44 bits per heavy atom. The van der Waals surface area contributed by atoms with Crippen LogP contribution in [0.25, 0.3) is 0 Å². The second-order valence-corrected chi connectivity index (χ2v) is 3.29. The molecule has 16 heavy (non-hydrogen) atoms. The molecule has 0 saturated carbocycles. The molecule has 0 aromatic heterocycles. The summed E-state index contributed by atoms with van der Waals surface area (Å²) in [6.07, 6.45) is 0. The molecule has 0 spiro atoms. The molecule has 4 heteroatoms. The van der Waals surface area contributed by atoms with Gasteiger partial charge in [0.2, 0.25) is 0 Å². The number of rotatable bonds is 3. The zero-order valence-corrected chi connectivity index (χ0v) is 11.5. The lowest BCUT2D eigenvalue weighted by atomic mass is 10.3. The Kier molecular flexibility index (Phi) is 11.7. The predicted molar refractivity (Wildman–Crippen MR) is 79.1 cm³/mol. The van der Waals surface area contributed by atoms with Crippen LogP contribution in [0.15, 0.2) is 24.3 Å². The van der Waals surface area contributed by atoms with E-state index in [1.54, 1.807) is 18.2 Å². The summed E-state index contributed by atoms with van der Waals surface area (Å²) < 4.78 is 0. The lowest BCUT2D eigenvalue weighted by molar-refractivity contribution is 0.321. The van der Waals surface area contributed by atoms with Crippen molar-refractivity contribution in [1.29, 1.82) is 0 Å². The van der Waals surface area contributed by atoms with Crippen molar-refractivity contribution in [1.82, 2.24) is 4.90 Å². The summed E-state index contributed by atoms with van der Waals surface area (Å²) in [5.74, 6) is 0. The highest BCUT2D eigenvalue weighted by atomic mass is 32.1. The maximum atomic E-state index is 5.38. The molecule has 0 aliphatic rings. The number of anilines is 2. The lowest BCUT2D eigenvalue weighted by Gasteiger charge is -2.13. The Morgan fingerprint density at radius 2 is 1.31 bits per heavy atom. The van der Waals surface area contributed by atoms with Crippen molar-refractivity contribution in [2.75, 3.05) is 31.1 Å². The van der Waals surface area contributed by atoms with Gasteiger partial charge >= 0.3 is 0 Å². The van der Waals surface area contributed by atoms with Crippen LogP contribution in [0.3, 0.4) is 0 Å². The minimum absolute atomic E-state index is 0. The van der Waals surface area contributed by atoms with Gasteiger partial charge in [-0.05, 0) is 37.8 Å². The Labute approximate surface area is 106 Å². The molecular weight excluding hydrogens is 218 g/mol. The monoisotopic (exact) mass is 243 g/mol. The highest BCUT2D eigenvalue weighted by molar-refractivity contribution is 7.59. The summed E-state index contributed by atoms with van der Waals surface area (Å²) in [6.45, 7) is 10.1. The van der Waals surface area contributed by atoms with Gasteiger partial charge in [0.1, 0.15) is 0 Å². The number of nitrogen functional groups attached to an aromatic ring is 2. The normalized spacial score (nSPS) is 9.00. The molecule has 0 atom stereocenters. The average Bonchev–Trinajstić information content (AvgIpc) is 2.21. The summed E-state index contributed by atoms with van der Waals surface area (Å²) in [5.41, 5.74) is 12.2. The van der Waals surface area contributed by atoms with E-state index in [-0.39, 0.29) is 13.5 Å². The van der Waals surface area contributed by atoms with Crippen LogP contribution in [0, 0.1) is 0 Å². The van der Waals surface area contributed by atoms with Crippen molar-refractivity contribution >= 4 is 24.9 Å². The highest BCUT2D eigenvalue weighted by Crippen LogP contribution is 2.06. The molecule has 0 fully saturated rings. The fourth-order valence-corrected chi connectivity index (χ4v) is 1.23. The first-order valence-electron chi connectivity index (χ1n) is 5.47. The van der Waals surface area contributed by atoms with Gasteiger partial charge in [0.25, 0.3) is 0 Å². The molecule has 0 unspecified atom stereocenters. The quantitative estimate of drug-likeness (QED) is 0.801. The van der Waals surface area contributed by atoms with Crippen molar-refractivity contribution in [3.63, 3.8) is 0 Å². The second-order valence-electron chi connectivity index (χ2n) is 3.29. The van der Waals surface area contributed by atoms with Gasteiger partial charge in [-0.3, -0.25) is 0 Å². The van der Waals surface area contributed by atoms with Gasteiger partial charge < -0.3 is 16.4 Å². The van der Waals surface area contributed by atoms with Crippen LogP contribution in [0.4, 0.5) is 11.4 Å². The van der Waals surface area contributed by atoms with E-state index in [9.17, 15) is 0 Å². The predicted octanol–water partition coefficient (Wildman–Crippen LogP) is 2.31. The Morgan fingerprint density at radius 1 is 0.938 bits per heavy atom. The van der Waals surface area contributed by atoms with Crippen molar-refractivity contribution < 1.29 is 0 Å². The first kappa shape index (κ1) is 17.5. The van der Waals surface area contributed by atoms with Gasteiger partial charge in [0.15, 0.2) is 0 Å². The van der Waals surface area contributed by atoms with E-state index in [1.807, 2.05) is 6.07 Å². The molecule has 0 amide bonds. The van der Waals surface area contributed by atoms with Crippen LogP contribution in [-0.2, 0) is 0 Å². The van der Waals surface area contributed by atoms with Crippen molar-refractivity contribution in [3.05, 3.63) is 24.3 Å². The lowest BCUT2D eigenvalue weighted by Crippen LogP contribution is -2.21. The van der Waals surface area contributed by atoms with E-state index in [1.165, 1.54) is 19.6 Å². The van der Waals surface area contributed by atoms with Crippen molar-refractivity contribution in [3.8, 4) is 0 Å². The number of nitrogens with zero attached hydrogens (tertiary/aromatic N) is 1. The molecule has 1 aromatic rings. The molecule has 0 saturated heterocycles. The molecule has 0 bridgehead atoms. The standard InChI is InChI=1S/C6H8N2.C6H15N.H2S/c7-5-2-1-3-6(8)4-5;1-4-7(5-2)6-3;/h1-4H,7-8H2;4-6H2,1-3H3;1H2. The molecule has 0 aliphatic carbocycles. The maximum absolute atomic E-state index is 5.38. The number of nitrogens with two attached hydrogens (primary N) is 2. The van der Waals surface area contributed by atoms with Crippen molar-refractivity contribution in [2.24, 2.45) is 0 Å². The summed E-state index contributed by atoms with van der Waals surface area (Å²) in [5, 5.41) is 0. The van der Waals surface area contributed by atoms with Crippen LogP contribution < -0.4 is 11.5 Å². The van der Waals surface area contributed by atoms with Gasteiger partial charge in [-0.15, -0.1) is 0 Å². The number of benzene rings is 1. The molecule has 0 heterocycles. The van der Waals surface area contributed by atoms with Crippen LogP contribution in [0.2, 0.25) is 0 Å². The van der Waals surface area contributed by atoms with E-state index in [2.05, 4.69) is 25.7 Å². The fourth-order valence-electron chi connectivity index (χ4n) is 1.23. The third kappa shape index (κ3) is 8.44. The van der Waals surface area contributed by atoms with Gasteiger partial charge in [0, 0.05) is 11.4 Å². The second kappa shape index (κ2) is 10.6. The molecule has 1 aromatic carbocycles. The minimum Gasteiger partial charge on any atom is -0.399 e. The zero-order valence-electron chi connectivity index (χ0n) is 10.5. The largest absolute Gasteiger partial charge is 0.399 e. The molecule has 0 radical (unpaired) electrons. The summed E-state index contributed by atoms with van der Waals surface area (Å²) in [7, 11) is 0. The van der Waals surface area contributed by atoms with E-state index >= 15 is 0 Å². The molecule has 3 nitrogen and oxygen atoms in total. The first-order chi connectivity index (χ1) is 7.13. The van der Waals surface area contributed by atoms with Gasteiger partial charge in [-0.25, -0.2) is 0 Å². The van der Waals surface area contributed by atoms with Crippen LogP contribution in [-0.4, -0.2) is 24.5 Å². The molecule has 1 rings (SSSR count). The summed E-state index contributed by atoms with van der Waals surface area (Å²) in [6, 6.07) is 7.15. The van der Waals surface area contributed by atoms with Crippen LogP contribution in [0.5, 0.6) is 0 Å². The van der Waals surface area contributed by atoms with Crippen LogP contribution in [0.1, 0.15) is 20.8 Å². The smallest absolute Gasteiger partial charge is 0.0334 e. The Bertz CT molecular complexity index is 239. The molecule has 0 aliphatic heterocycles. The molecular formula is C12H25N3S. The third-order valence-corrected chi connectivity index (χ3v) is 2.25. The van der Waals surface area contributed by atoms with Gasteiger partial charge in [0.05, 0.1) is 0 Å². The maximum Gasteiger partial charge on any atom is 0.0334 e. The molecule has 4 N–H and O–H groups in total. The zero-order chi connectivity index (χ0) is 11.7. The topological polar surface area (TPSA) is 55.3 Å². The van der Waals surface area contributed by atoms with Crippen LogP contribution >= 0.6 is 13.5 Å². The average molecular weight is 243 g/mol.